The minimum absolute atomic E-state index is 0.0882. The van der Waals surface area contributed by atoms with E-state index in [0.717, 1.165) is 16.7 Å². The number of amides is 1. The van der Waals surface area contributed by atoms with Gasteiger partial charge in [0.25, 0.3) is 15.9 Å². The topological polar surface area (TPSA) is 135 Å². The summed E-state index contributed by atoms with van der Waals surface area (Å²) in [5.41, 5.74) is 3.95. The summed E-state index contributed by atoms with van der Waals surface area (Å²) in [5, 5.41) is 3.45. The molecule has 1 unspecified atom stereocenters. The van der Waals surface area contributed by atoms with Crippen molar-refractivity contribution in [2.24, 2.45) is 0 Å². The highest BCUT2D eigenvalue weighted by molar-refractivity contribution is 7.90. The monoisotopic (exact) mass is 705 g/mol. The number of esters is 1. The van der Waals surface area contributed by atoms with Gasteiger partial charge in [-0.3, -0.25) is 9.59 Å². The summed E-state index contributed by atoms with van der Waals surface area (Å²) in [6.07, 6.45) is -7.33. The molecule has 4 aromatic carbocycles. The molecule has 1 aliphatic heterocycles. The van der Waals surface area contributed by atoms with Crippen molar-refractivity contribution < 1.29 is 40.3 Å². The number of fused-ring (bicyclic) bond motifs is 2. The highest BCUT2D eigenvalue weighted by Crippen LogP contribution is 2.31. The number of halogens is 3. The molecular formula is C36H30F3N3O7S. The van der Waals surface area contributed by atoms with E-state index in [1.54, 1.807) is 16.9 Å². The van der Waals surface area contributed by atoms with Crippen LogP contribution in [0.25, 0.3) is 11.0 Å². The summed E-state index contributed by atoms with van der Waals surface area (Å²) in [6, 6.07) is 25.5. The molecule has 0 fully saturated rings. The van der Waals surface area contributed by atoms with Crippen LogP contribution in [-0.2, 0) is 43.9 Å². The normalized spacial score (nSPS) is 13.5. The van der Waals surface area contributed by atoms with Crippen molar-refractivity contribution in [3.8, 4) is 0 Å². The van der Waals surface area contributed by atoms with E-state index in [1.807, 2.05) is 42.2 Å². The standard InChI is InChI=1S/C36H30F3N3O7S/c1-22-17-24(32-27(18-22)29(43)19-31(48-32)42-20-25-11-5-6-12-26(25)21-42)15-16-40-28-13-7-8-14-30(28)50(46,47)41-34(44)33(23-9-3-2-4-10-23)49-35(45)36(37,38)39/h2-14,17-19,33,40H,15-16,20-21H2,1H3,(H,41,44). The zero-order valence-electron chi connectivity index (χ0n) is 26.5. The third kappa shape index (κ3) is 7.34. The lowest BCUT2D eigenvalue weighted by atomic mass is 10.0. The van der Waals surface area contributed by atoms with Gasteiger partial charge in [-0.2, -0.15) is 13.2 Å². The Morgan fingerprint density at radius 3 is 2.24 bits per heavy atom. The summed E-state index contributed by atoms with van der Waals surface area (Å²) in [4.78, 5) is 39.5. The third-order valence-electron chi connectivity index (χ3n) is 8.11. The maximum Gasteiger partial charge on any atom is 0.490 e. The van der Waals surface area contributed by atoms with Crippen molar-refractivity contribution >= 4 is 44.4 Å². The fourth-order valence-corrected chi connectivity index (χ4v) is 6.97. The van der Waals surface area contributed by atoms with Gasteiger partial charge in [0.05, 0.1) is 11.1 Å². The fourth-order valence-electron chi connectivity index (χ4n) is 5.80. The van der Waals surface area contributed by atoms with Crippen LogP contribution >= 0.6 is 0 Å². The molecule has 14 heteroatoms. The van der Waals surface area contributed by atoms with E-state index in [0.29, 0.717) is 41.9 Å². The van der Waals surface area contributed by atoms with Crippen LogP contribution in [0.5, 0.6) is 0 Å². The highest BCUT2D eigenvalue weighted by Gasteiger charge is 2.44. The van der Waals surface area contributed by atoms with E-state index in [9.17, 15) is 36.0 Å². The smallest absolute Gasteiger partial charge is 0.441 e. The summed E-state index contributed by atoms with van der Waals surface area (Å²) in [7, 11) is -4.69. The van der Waals surface area contributed by atoms with Gasteiger partial charge in [-0.1, -0.05) is 72.8 Å². The molecule has 0 aliphatic carbocycles. The maximum atomic E-state index is 13.4. The molecule has 2 heterocycles. The number of anilines is 2. The molecule has 258 valence electrons. The van der Waals surface area contributed by atoms with Gasteiger partial charge in [0.2, 0.25) is 12.0 Å². The van der Waals surface area contributed by atoms with Crippen molar-refractivity contribution in [3.63, 3.8) is 0 Å². The lowest BCUT2D eigenvalue weighted by Crippen LogP contribution is -2.38. The number of nitrogens with one attached hydrogen (secondary N) is 2. The molecule has 0 radical (unpaired) electrons. The first kappa shape index (κ1) is 34.2. The van der Waals surface area contributed by atoms with Crippen LogP contribution in [0.4, 0.5) is 24.7 Å². The Bertz CT molecular complexity index is 2230. The maximum absolute atomic E-state index is 13.4. The Morgan fingerprint density at radius 2 is 1.56 bits per heavy atom. The number of ether oxygens (including phenoxy) is 1. The number of rotatable bonds is 10. The van der Waals surface area contributed by atoms with Gasteiger partial charge in [-0.25, -0.2) is 17.9 Å². The predicted molar refractivity (Wildman–Crippen MR) is 179 cm³/mol. The van der Waals surface area contributed by atoms with Gasteiger partial charge in [-0.05, 0) is 53.8 Å². The van der Waals surface area contributed by atoms with Crippen molar-refractivity contribution in [1.29, 1.82) is 0 Å². The number of hydrogen-bond donors (Lipinski definition) is 2. The molecule has 1 atom stereocenters. The fraction of sp³-hybridized carbons (Fsp3) is 0.194. The van der Waals surface area contributed by atoms with Crippen LogP contribution in [0.1, 0.15) is 33.9 Å². The number of hydrogen-bond acceptors (Lipinski definition) is 9. The number of benzene rings is 4. The Labute approximate surface area is 284 Å². The van der Waals surface area contributed by atoms with Crippen molar-refractivity contribution in [2.45, 2.75) is 43.6 Å². The Morgan fingerprint density at radius 1 is 0.920 bits per heavy atom. The Hall–Kier alpha value is -5.63. The molecule has 6 rings (SSSR count). The van der Waals surface area contributed by atoms with Gasteiger partial charge in [-0.15, -0.1) is 0 Å². The average molecular weight is 706 g/mol. The number of carbonyl (C=O) groups is 2. The largest absolute Gasteiger partial charge is 0.490 e. The zero-order valence-corrected chi connectivity index (χ0v) is 27.3. The summed E-state index contributed by atoms with van der Waals surface area (Å²) >= 11 is 0. The quantitative estimate of drug-likeness (QED) is 0.170. The minimum atomic E-state index is -5.42. The Balaban J connectivity index is 1.21. The molecule has 0 saturated carbocycles. The van der Waals surface area contributed by atoms with Crippen molar-refractivity contribution in [3.05, 3.63) is 135 Å². The molecule has 2 N–H and O–H groups in total. The van der Waals surface area contributed by atoms with Crippen molar-refractivity contribution in [1.82, 2.24) is 4.72 Å². The predicted octanol–water partition coefficient (Wildman–Crippen LogP) is 5.93. The summed E-state index contributed by atoms with van der Waals surface area (Å²) in [5.74, 6) is -3.72. The van der Waals surface area contributed by atoms with E-state index >= 15 is 0 Å². The second-order valence-corrected chi connectivity index (χ2v) is 13.4. The molecule has 10 nitrogen and oxygen atoms in total. The number of carbonyl (C=O) groups excluding carboxylic acids is 2. The second kappa shape index (κ2) is 13.7. The molecule has 0 bridgehead atoms. The van der Waals surface area contributed by atoms with Gasteiger partial charge in [0.15, 0.2) is 5.43 Å². The van der Waals surface area contributed by atoms with E-state index in [4.69, 9.17) is 4.42 Å². The van der Waals surface area contributed by atoms with Gasteiger partial charge in [0, 0.05) is 31.3 Å². The SMILES string of the molecule is Cc1cc(CCNc2ccccc2S(=O)(=O)NC(=O)C(OC(=O)C(F)(F)F)c2ccccc2)c2oc(N3Cc4ccccc4C3)cc(=O)c2c1. The van der Waals surface area contributed by atoms with Gasteiger partial charge < -0.3 is 19.4 Å². The van der Waals surface area contributed by atoms with E-state index in [2.05, 4.69) is 10.1 Å². The van der Waals surface area contributed by atoms with Crippen molar-refractivity contribution in [2.75, 3.05) is 16.8 Å². The van der Waals surface area contributed by atoms with Crippen LogP contribution in [-0.4, -0.2) is 33.0 Å². The van der Waals surface area contributed by atoms with Crippen LogP contribution in [0.3, 0.4) is 0 Å². The lowest BCUT2D eigenvalue weighted by molar-refractivity contribution is -0.205. The zero-order chi connectivity index (χ0) is 35.6. The molecule has 50 heavy (non-hydrogen) atoms. The van der Waals surface area contributed by atoms with Crippen LogP contribution in [0, 0.1) is 6.92 Å². The molecular weight excluding hydrogens is 675 g/mol. The number of aryl methyl sites for hydroxylation is 1. The van der Waals surface area contributed by atoms with E-state index in [1.165, 1.54) is 54.6 Å². The molecule has 5 aromatic rings. The first-order valence-electron chi connectivity index (χ1n) is 15.4. The van der Waals surface area contributed by atoms with Crippen LogP contribution in [0.15, 0.2) is 111 Å². The van der Waals surface area contributed by atoms with E-state index < -0.39 is 34.2 Å². The summed E-state index contributed by atoms with van der Waals surface area (Å²) in [6.45, 7) is 3.19. The number of sulfonamides is 1. The lowest BCUT2D eigenvalue weighted by Gasteiger charge is -2.19. The van der Waals surface area contributed by atoms with Gasteiger partial charge in [0.1, 0.15) is 10.5 Å². The average Bonchev–Trinajstić information content (AvgIpc) is 3.52. The first-order valence-corrected chi connectivity index (χ1v) is 16.9. The number of nitrogens with zero attached hydrogens (tertiary/aromatic N) is 1. The molecule has 0 saturated heterocycles. The minimum Gasteiger partial charge on any atom is -0.441 e. The first-order chi connectivity index (χ1) is 23.8. The van der Waals surface area contributed by atoms with Crippen LogP contribution in [0.2, 0.25) is 0 Å². The van der Waals surface area contributed by atoms with Crippen LogP contribution < -0.4 is 20.4 Å². The summed E-state index contributed by atoms with van der Waals surface area (Å²) < 4.78 is 78.3. The molecule has 1 amide bonds. The van der Waals surface area contributed by atoms with Gasteiger partial charge >= 0.3 is 12.1 Å². The molecule has 1 aliphatic rings. The molecule has 1 aromatic heterocycles. The highest BCUT2D eigenvalue weighted by atomic mass is 32.2. The second-order valence-electron chi connectivity index (χ2n) is 11.7. The number of para-hydroxylation sites is 1. The Kier molecular flexibility index (Phi) is 9.39. The third-order valence-corrected chi connectivity index (χ3v) is 9.51. The molecule has 0 spiro atoms. The number of alkyl halides is 3. The van der Waals surface area contributed by atoms with E-state index in [-0.39, 0.29) is 28.1 Å².